The molecule has 0 aliphatic heterocycles. The van der Waals surface area contributed by atoms with Crippen molar-refractivity contribution in [1.29, 1.82) is 0 Å². The van der Waals surface area contributed by atoms with Crippen molar-refractivity contribution in [2.45, 2.75) is 39.8 Å². The molecule has 0 unspecified atom stereocenters. The summed E-state index contributed by atoms with van der Waals surface area (Å²) in [5.74, 6) is -0.226. The van der Waals surface area contributed by atoms with Gasteiger partial charge < -0.3 is 0 Å². The van der Waals surface area contributed by atoms with Gasteiger partial charge in [-0.15, -0.1) is 0 Å². The summed E-state index contributed by atoms with van der Waals surface area (Å²) in [6, 6.07) is 7.65. The highest BCUT2D eigenvalue weighted by Gasteiger charge is 2.13. The average Bonchev–Trinajstić information content (AvgIpc) is 2.76. The van der Waals surface area contributed by atoms with E-state index in [2.05, 4.69) is 5.48 Å². The van der Waals surface area contributed by atoms with Gasteiger partial charge in [0.15, 0.2) is 0 Å². The van der Waals surface area contributed by atoms with Crippen LogP contribution in [0.3, 0.4) is 0 Å². The molecule has 114 valence electrons. The quantitative estimate of drug-likeness (QED) is 0.789. The Labute approximate surface area is 123 Å². The molecule has 2 rings (SSSR count). The molecule has 0 atom stereocenters. The molecule has 6 nitrogen and oxygen atoms in total. The Balaban J connectivity index is 2.25. The largest absolute Gasteiger partial charge is 0.329 e. The van der Waals surface area contributed by atoms with E-state index >= 15 is 0 Å². The number of nitrogens with one attached hydrogen (secondary N) is 1. The van der Waals surface area contributed by atoms with Gasteiger partial charge in [0.1, 0.15) is 0 Å². The SMILES string of the molecule is CCCn1c(=O)n(CCC(=O)NOCC)c2ccccc21. The highest BCUT2D eigenvalue weighted by Crippen LogP contribution is 2.13. The smallest absolute Gasteiger partial charge is 0.292 e. The number of carbonyl (C=O) groups excluding carboxylic acids is 1. The molecule has 1 amide bonds. The molecular formula is C15H21N3O3. The number of imidazole rings is 1. The number of nitrogens with zero attached hydrogens (tertiary/aromatic N) is 2. The van der Waals surface area contributed by atoms with Crippen LogP contribution >= 0.6 is 0 Å². The lowest BCUT2D eigenvalue weighted by molar-refractivity contribution is -0.133. The van der Waals surface area contributed by atoms with Crippen LogP contribution in [0.1, 0.15) is 26.7 Å². The minimum atomic E-state index is -0.226. The van der Waals surface area contributed by atoms with Crippen LogP contribution in [0.15, 0.2) is 29.1 Å². The maximum Gasteiger partial charge on any atom is 0.329 e. The van der Waals surface area contributed by atoms with Crippen molar-refractivity contribution in [2.24, 2.45) is 0 Å². The summed E-state index contributed by atoms with van der Waals surface area (Å²) in [5, 5.41) is 0. The molecule has 1 N–H and O–H groups in total. The minimum Gasteiger partial charge on any atom is -0.292 e. The molecule has 0 spiro atoms. The first-order chi connectivity index (χ1) is 10.2. The second kappa shape index (κ2) is 7.08. The second-order valence-corrected chi connectivity index (χ2v) is 4.78. The first-order valence-corrected chi connectivity index (χ1v) is 7.27. The lowest BCUT2D eigenvalue weighted by Crippen LogP contribution is -2.28. The number of aromatic nitrogens is 2. The molecule has 1 aromatic carbocycles. The Morgan fingerprint density at radius 2 is 1.76 bits per heavy atom. The van der Waals surface area contributed by atoms with Crippen LogP contribution in [0.4, 0.5) is 0 Å². The van der Waals surface area contributed by atoms with Gasteiger partial charge in [0.05, 0.1) is 17.6 Å². The number of fused-ring (bicyclic) bond motifs is 1. The molecule has 0 bridgehead atoms. The summed E-state index contributed by atoms with van der Waals surface area (Å²) in [4.78, 5) is 28.9. The van der Waals surface area contributed by atoms with Crippen LogP contribution in [0, 0.1) is 0 Å². The number of hydrogen-bond acceptors (Lipinski definition) is 3. The van der Waals surface area contributed by atoms with Crippen molar-refractivity contribution in [3.05, 3.63) is 34.7 Å². The lowest BCUT2D eigenvalue weighted by atomic mass is 10.3. The Kier molecular flexibility index (Phi) is 5.16. The van der Waals surface area contributed by atoms with Crippen LogP contribution in [0.2, 0.25) is 0 Å². The first kappa shape index (κ1) is 15.3. The second-order valence-electron chi connectivity index (χ2n) is 4.78. The van der Waals surface area contributed by atoms with Crippen LogP contribution in [0.5, 0.6) is 0 Å². The standard InChI is InChI=1S/C15H21N3O3/c1-3-10-17-12-7-5-6-8-13(12)18(15(17)20)11-9-14(19)16-21-4-2/h5-8H,3-4,9-11H2,1-2H3,(H,16,19). The number of para-hydroxylation sites is 2. The van der Waals surface area contributed by atoms with Gasteiger partial charge in [-0.25, -0.2) is 10.3 Å². The van der Waals surface area contributed by atoms with Gasteiger partial charge in [0, 0.05) is 19.5 Å². The fraction of sp³-hybridized carbons (Fsp3) is 0.467. The van der Waals surface area contributed by atoms with Gasteiger partial charge in [-0.05, 0) is 25.5 Å². The van der Waals surface area contributed by atoms with Crippen molar-refractivity contribution in [2.75, 3.05) is 6.61 Å². The van der Waals surface area contributed by atoms with Gasteiger partial charge in [0.25, 0.3) is 0 Å². The Morgan fingerprint density at radius 1 is 1.14 bits per heavy atom. The topological polar surface area (TPSA) is 65.3 Å². The Hall–Kier alpha value is -2.08. The van der Waals surface area contributed by atoms with Gasteiger partial charge in [-0.1, -0.05) is 19.1 Å². The highest BCUT2D eigenvalue weighted by molar-refractivity contribution is 5.77. The van der Waals surface area contributed by atoms with Crippen molar-refractivity contribution in [1.82, 2.24) is 14.6 Å². The van der Waals surface area contributed by atoms with E-state index in [0.717, 1.165) is 17.5 Å². The van der Waals surface area contributed by atoms with E-state index in [1.807, 2.05) is 31.2 Å². The highest BCUT2D eigenvalue weighted by atomic mass is 16.6. The number of hydroxylamine groups is 1. The molecule has 6 heteroatoms. The predicted octanol–water partition coefficient (Wildman–Crippen LogP) is 1.67. The maximum absolute atomic E-state index is 12.5. The zero-order valence-corrected chi connectivity index (χ0v) is 12.5. The molecule has 21 heavy (non-hydrogen) atoms. The molecule has 0 saturated carbocycles. The van der Waals surface area contributed by atoms with Crippen molar-refractivity contribution >= 4 is 16.9 Å². The van der Waals surface area contributed by atoms with E-state index in [0.29, 0.717) is 19.7 Å². The Bertz CT molecular complexity index is 672. The van der Waals surface area contributed by atoms with E-state index in [-0.39, 0.29) is 18.0 Å². The third-order valence-corrected chi connectivity index (χ3v) is 3.27. The predicted molar refractivity (Wildman–Crippen MR) is 80.9 cm³/mol. The number of benzene rings is 1. The molecular weight excluding hydrogens is 270 g/mol. The summed E-state index contributed by atoms with van der Waals surface area (Å²) in [6.07, 6.45) is 1.10. The minimum absolute atomic E-state index is 0.0674. The van der Waals surface area contributed by atoms with Crippen molar-refractivity contribution < 1.29 is 9.63 Å². The normalized spacial score (nSPS) is 11.0. The fourth-order valence-electron chi connectivity index (χ4n) is 2.35. The third-order valence-electron chi connectivity index (χ3n) is 3.27. The maximum atomic E-state index is 12.5. The van der Waals surface area contributed by atoms with Crippen LogP contribution in [-0.4, -0.2) is 21.6 Å². The molecule has 1 aromatic heterocycles. The van der Waals surface area contributed by atoms with Gasteiger partial charge in [0.2, 0.25) is 5.91 Å². The molecule has 0 saturated heterocycles. The number of carbonyl (C=O) groups is 1. The van der Waals surface area contributed by atoms with Crippen molar-refractivity contribution in [3.8, 4) is 0 Å². The van der Waals surface area contributed by atoms with Crippen molar-refractivity contribution in [3.63, 3.8) is 0 Å². The summed E-state index contributed by atoms with van der Waals surface area (Å²) in [6.45, 7) is 5.27. The summed E-state index contributed by atoms with van der Waals surface area (Å²) in [7, 11) is 0. The number of hydrogen-bond donors (Lipinski definition) is 1. The monoisotopic (exact) mass is 291 g/mol. The van der Waals surface area contributed by atoms with Gasteiger partial charge in [-0.3, -0.25) is 18.8 Å². The van der Waals surface area contributed by atoms with E-state index in [1.54, 1.807) is 16.1 Å². The zero-order valence-electron chi connectivity index (χ0n) is 12.5. The first-order valence-electron chi connectivity index (χ1n) is 7.27. The van der Waals surface area contributed by atoms with Crippen LogP contribution in [0.25, 0.3) is 11.0 Å². The zero-order chi connectivity index (χ0) is 15.2. The van der Waals surface area contributed by atoms with E-state index in [1.165, 1.54) is 0 Å². The van der Waals surface area contributed by atoms with Gasteiger partial charge >= 0.3 is 5.69 Å². The molecule has 0 aliphatic carbocycles. The number of aryl methyl sites for hydroxylation is 2. The Morgan fingerprint density at radius 3 is 2.33 bits per heavy atom. The molecule has 1 heterocycles. The van der Waals surface area contributed by atoms with E-state index in [4.69, 9.17) is 4.84 Å². The van der Waals surface area contributed by atoms with Crippen LogP contribution < -0.4 is 11.2 Å². The number of amides is 1. The van der Waals surface area contributed by atoms with Gasteiger partial charge in [-0.2, -0.15) is 0 Å². The van der Waals surface area contributed by atoms with E-state index < -0.39 is 0 Å². The average molecular weight is 291 g/mol. The molecule has 0 aliphatic rings. The molecule has 2 aromatic rings. The summed E-state index contributed by atoms with van der Waals surface area (Å²) < 4.78 is 3.41. The molecule has 0 radical (unpaired) electrons. The third kappa shape index (κ3) is 3.33. The fourth-order valence-corrected chi connectivity index (χ4v) is 2.35. The summed E-state index contributed by atoms with van der Waals surface area (Å²) >= 11 is 0. The summed E-state index contributed by atoms with van der Waals surface area (Å²) in [5.41, 5.74) is 4.05. The molecule has 0 fully saturated rings. The lowest BCUT2D eigenvalue weighted by Gasteiger charge is -2.04. The van der Waals surface area contributed by atoms with E-state index in [9.17, 15) is 9.59 Å². The van der Waals surface area contributed by atoms with Crippen LogP contribution in [-0.2, 0) is 22.7 Å². The number of rotatable bonds is 7.